The van der Waals surface area contributed by atoms with Crippen LogP contribution in [0.3, 0.4) is 0 Å². The Morgan fingerprint density at radius 2 is 2.05 bits per heavy atom. The number of nitrogens with zero attached hydrogens (tertiary/aromatic N) is 3. The Labute approximate surface area is 121 Å². The fraction of sp³-hybridized carbons (Fsp3) is 0.214. The van der Waals surface area contributed by atoms with Gasteiger partial charge in [0.15, 0.2) is 11.5 Å². The van der Waals surface area contributed by atoms with Gasteiger partial charge in [0.05, 0.1) is 12.4 Å². The molecule has 1 aliphatic heterocycles. The number of ether oxygens (including phenoxy) is 2. The van der Waals surface area contributed by atoms with Gasteiger partial charge in [0.2, 0.25) is 6.79 Å². The Bertz CT molecular complexity index is 688. The molecule has 3 rings (SSSR count). The van der Waals surface area contributed by atoms with E-state index in [-0.39, 0.29) is 18.4 Å². The van der Waals surface area contributed by atoms with Crippen molar-refractivity contribution in [2.75, 3.05) is 26.2 Å². The van der Waals surface area contributed by atoms with E-state index in [1.54, 1.807) is 20.3 Å². The molecule has 1 aromatic heterocycles. The molecule has 7 heteroatoms. The first-order chi connectivity index (χ1) is 10.1. The van der Waals surface area contributed by atoms with Gasteiger partial charge < -0.3 is 19.7 Å². The van der Waals surface area contributed by atoms with Crippen LogP contribution in [0, 0.1) is 0 Å². The van der Waals surface area contributed by atoms with Crippen LogP contribution >= 0.6 is 0 Å². The summed E-state index contributed by atoms with van der Waals surface area (Å²) in [6.07, 6.45) is 2.99. The molecule has 1 N–H and O–H groups in total. The molecule has 0 unspecified atom stereocenters. The summed E-state index contributed by atoms with van der Waals surface area (Å²) < 4.78 is 10.6. The van der Waals surface area contributed by atoms with Crippen LogP contribution in [-0.4, -0.2) is 41.7 Å². The van der Waals surface area contributed by atoms with Gasteiger partial charge >= 0.3 is 0 Å². The first-order valence-corrected chi connectivity index (χ1v) is 6.34. The maximum atomic E-state index is 11.9. The van der Waals surface area contributed by atoms with Gasteiger partial charge in [0.25, 0.3) is 5.91 Å². The number of nitrogens with one attached hydrogen (secondary N) is 1. The van der Waals surface area contributed by atoms with Crippen molar-refractivity contribution in [2.24, 2.45) is 0 Å². The summed E-state index contributed by atoms with van der Waals surface area (Å²) in [6.45, 7) is 0.228. The van der Waals surface area contributed by atoms with Crippen molar-refractivity contribution in [3.8, 4) is 11.5 Å². The number of amides is 1. The predicted molar refractivity (Wildman–Crippen MR) is 75.9 cm³/mol. The van der Waals surface area contributed by atoms with Crippen molar-refractivity contribution in [3.05, 3.63) is 36.3 Å². The molecule has 1 aliphatic rings. The van der Waals surface area contributed by atoms with Crippen molar-refractivity contribution >= 4 is 17.4 Å². The van der Waals surface area contributed by atoms with Crippen LogP contribution in [0.4, 0.5) is 11.5 Å². The zero-order chi connectivity index (χ0) is 14.8. The van der Waals surface area contributed by atoms with Crippen LogP contribution in [0.25, 0.3) is 0 Å². The van der Waals surface area contributed by atoms with Crippen LogP contribution in [-0.2, 0) is 0 Å². The van der Waals surface area contributed by atoms with Crippen LogP contribution in [0.1, 0.15) is 10.5 Å². The van der Waals surface area contributed by atoms with E-state index in [2.05, 4.69) is 15.3 Å². The highest BCUT2D eigenvalue weighted by molar-refractivity contribution is 5.92. The lowest BCUT2D eigenvalue weighted by atomic mass is 10.3. The first-order valence-electron chi connectivity index (χ1n) is 6.34. The quantitative estimate of drug-likeness (QED) is 0.924. The van der Waals surface area contributed by atoms with Crippen molar-refractivity contribution in [3.63, 3.8) is 0 Å². The summed E-state index contributed by atoms with van der Waals surface area (Å²) in [6, 6.07) is 5.47. The van der Waals surface area contributed by atoms with E-state index in [0.717, 1.165) is 5.69 Å². The van der Waals surface area contributed by atoms with Gasteiger partial charge in [0.1, 0.15) is 11.5 Å². The molecule has 108 valence electrons. The van der Waals surface area contributed by atoms with Crippen molar-refractivity contribution < 1.29 is 14.3 Å². The smallest absolute Gasteiger partial charge is 0.273 e. The van der Waals surface area contributed by atoms with Gasteiger partial charge in [-0.25, -0.2) is 4.98 Å². The number of carbonyl (C=O) groups excluding carboxylic acids is 1. The molecule has 0 saturated carbocycles. The SMILES string of the molecule is CN(C)C(=O)c1cncc(Nc2ccc3c(c2)OCO3)n1. The van der Waals surface area contributed by atoms with E-state index >= 15 is 0 Å². The molecular formula is C14H14N4O3. The minimum absolute atomic E-state index is 0.197. The van der Waals surface area contributed by atoms with Crippen molar-refractivity contribution in [1.29, 1.82) is 0 Å². The molecule has 0 fully saturated rings. The zero-order valence-corrected chi connectivity index (χ0v) is 11.7. The molecule has 0 atom stereocenters. The Hall–Kier alpha value is -2.83. The van der Waals surface area contributed by atoms with E-state index < -0.39 is 0 Å². The number of fused-ring (bicyclic) bond motifs is 1. The summed E-state index contributed by atoms with van der Waals surface area (Å²) >= 11 is 0. The average Bonchev–Trinajstić information content (AvgIpc) is 2.94. The molecule has 0 bridgehead atoms. The molecule has 21 heavy (non-hydrogen) atoms. The monoisotopic (exact) mass is 286 g/mol. The molecular weight excluding hydrogens is 272 g/mol. The molecule has 0 saturated heterocycles. The number of benzene rings is 1. The third kappa shape index (κ3) is 2.71. The van der Waals surface area contributed by atoms with Crippen LogP contribution < -0.4 is 14.8 Å². The summed E-state index contributed by atoms with van der Waals surface area (Å²) in [4.78, 5) is 21.6. The number of carbonyl (C=O) groups is 1. The fourth-order valence-corrected chi connectivity index (χ4v) is 1.88. The summed E-state index contributed by atoms with van der Waals surface area (Å²) in [7, 11) is 3.34. The first kappa shape index (κ1) is 13.2. The van der Waals surface area contributed by atoms with E-state index in [9.17, 15) is 4.79 Å². The van der Waals surface area contributed by atoms with E-state index in [1.165, 1.54) is 11.1 Å². The number of aromatic nitrogens is 2. The zero-order valence-electron chi connectivity index (χ0n) is 11.7. The van der Waals surface area contributed by atoms with E-state index in [4.69, 9.17) is 9.47 Å². The van der Waals surface area contributed by atoms with Gasteiger partial charge in [-0.15, -0.1) is 0 Å². The largest absolute Gasteiger partial charge is 0.454 e. The van der Waals surface area contributed by atoms with Gasteiger partial charge in [-0.2, -0.15) is 0 Å². The highest BCUT2D eigenvalue weighted by atomic mass is 16.7. The lowest BCUT2D eigenvalue weighted by Gasteiger charge is -2.11. The van der Waals surface area contributed by atoms with Crippen molar-refractivity contribution in [1.82, 2.24) is 14.9 Å². The Morgan fingerprint density at radius 1 is 1.24 bits per heavy atom. The molecule has 0 spiro atoms. The number of rotatable bonds is 3. The number of hydrogen-bond acceptors (Lipinski definition) is 6. The molecule has 1 amide bonds. The summed E-state index contributed by atoms with van der Waals surface area (Å²) in [5, 5.41) is 3.09. The van der Waals surface area contributed by atoms with Gasteiger partial charge in [-0.05, 0) is 12.1 Å². The Balaban J connectivity index is 1.82. The van der Waals surface area contributed by atoms with Gasteiger partial charge in [0, 0.05) is 25.8 Å². The number of anilines is 2. The second-order valence-corrected chi connectivity index (χ2v) is 4.68. The predicted octanol–water partition coefficient (Wildman–Crippen LogP) is 1.65. The highest BCUT2D eigenvalue weighted by Gasteiger charge is 2.14. The van der Waals surface area contributed by atoms with E-state index in [1.807, 2.05) is 18.2 Å². The molecule has 7 nitrogen and oxygen atoms in total. The lowest BCUT2D eigenvalue weighted by molar-refractivity contribution is 0.0821. The Morgan fingerprint density at radius 3 is 2.86 bits per heavy atom. The van der Waals surface area contributed by atoms with Gasteiger partial charge in [-0.1, -0.05) is 0 Å². The molecule has 2 aromatic rings. The summed E-state index contributed by atoms with van der Waals surface area (Å²) in [5.41, 5.74) is 1.06. The summed E-state index contributed by atoms with van der Waals surface area (Å²) in [5.74, 6) is 1.68. The third-order valence-electron chi connectivity index (χ3n) is 2.90. The third-order valence-corrected chi connectivity index (χ3v) is 2.90. The van der Waals surface area contributed by atoms with Crippen molar-refractivity contribution in [2.45, 2.75) is 0 Å². The lowest BCUT2D eigenvalue weighted by Crippen LogP contribution is -2.23. The average molecular weight is 286 g/mol. The number of hydrogen-bond donors (Lipinski definition) is 1. The maximum Gasteiger partial charge on any atom is 0.273 e. The van der Waals surface area contributed by atoms with Crippen LogP contribution in [0.15, 0.2) is 30.6 Å². The second kappa shape index (κ2) is 5.28. The normalized spacial score (nSPS) is 12.1. The second-order valence-electron chi connectivity index (χ2n) is 4.68. The Kier molecular flexibility index (Phi) is 3.31. The fourth-order valence-electron chi connectivity index (χ4n) is 1.88. The molecule has 0 aliphatic carbocycles. The van der Waals surface area contributed by atoms with E-state index in [0.29, 0.717) is 17.3 Å². The molecule has 2 heterocycles. The highest BCUT2D eigenvalue weighted by Crippen LogP contribution is 2.34. The van der Waals surface area contributed by atoms with Crippen LogP contribution in [0.5, 0.6) is 11.5 Å². The molecule has 1 aromatic carbocycles. The standard InChI is InChI=1S/C14H14N4O3/c1-18(2)14(19)10-6-15-7-13(17-10)16-9-3-4-11-12(5-9)21-8-20-11/h3-7H,8H2,1-2H3,(H,16,17). The van der Waals surface area contributed by atoms with Gasteiger partial charge in [-0.3, -0.25) is 9.78 Å². The topological polar surface area (TPSA) is 76.6 Å². The maximum absolute atomic E-state index is 11.9. The minimum atomic E-state index is -0.197. The minimum Gasteiger partial charge on any atom is -0.454 e. The van der Waals surface area contributed by atoms with Crippen LogP contribution in [0.2, 0.25) is 0 Å². The molecule has 0 radical (unpaired) electrons.